The second-order valence-electron chi connectivity index (χ2n) is 3.64. The van der Waals surface area contributed by atoms with Gasteiger partial charge in [-0.05, 0) is 24.3 Å². The Morgan fingerprint density at radius 1 is 1.21 bits per heavy atom. The van der Waals surface area contributed by atoms with E-state index in [0.717, 1.165) is 4.88 Å². The highest BCUT2D eigenvalue weighted by molar-refractivity contribution is 7.16. The van der Waals surface area contributed by atoms with Gasteiger partial charge < -0.3 is 5.32 Å². The van der Waals surface area contributed by atoms with Crippen LogP contribution in [-0.2, 0) is 6.54 Å². The summed E-state index contributed by atoms with van der Waals surface area (Å²) in [7, 11) is 0. The minimum absolute atomic E-state index is 0.177. The van der Waals surface area contributed by atoms with Crippen molar-refractivity contribution < 1.29 is 18.0 Å². The maximum atomic E-state index is 13.0. The van der Waals surface area contributed by atoms with E-state index in [2.05, 4.69) is 5.32 Å². The maximum absolute atomic E-state index is 13.0. The highest BCUT2D eigenvalue weighted by atomic mass is 35.5. The SMILES string of the molecule is O=C(NCc1ccc(Cl)s1)c1cc(F)c(F)c(F)c1. The molecule has 1 aromatic heterocycles. The molecule has 1 heterocycles. The van der Waals surface area contributed by atoms with Crippen molar-refractivity contribution in [2.45, 2.75) is 6.54 Å². The van der Waals surface area contributed by atoms with E-state index in [-0.39, 0.29) is 12.1 Å². The molecule has 7 heteroatoms. The maximum Gasteiger partial charge on any atom is 0.251 e. The van der Waals surface area contributed by atoms with E-state index in [9.17, 15) is 18.0 Å². The molecule has 100 valence electrons. The van der Waals surface area contributed by atoms with Crippen molar-refractivity contribution in [1.29, 1.82) is 0 Å². The number of hydrogen-bond acceptors (Lipinski definition) is 2. The quantitative estimate of drug-likeness (QED) is 0.860. The van der Waals surface area contributed by atoms with Gasteiger partial charge in [-0.25, -0.2) is 13.2 Å². The molecular weight excluding hydrogens is 299 g/mol. The van der Waals surface area contributed by atoms with Gasteiger partial charge in [0, 0.05) is 10.4 Å². The Morgan fingerprint density at radius 2 is 1.84 bits per heavy atom. The van der Waals surface area contributed by atoms with Gasteiger partial charge in [-0.1, -0.05) is 11.6 Å². The zero-order valence-corrected chi connectivity index (χ0v) is 10.9. The zero-order chi connectivity index (χ0) is 14.0. The molecule has 0 radical (unpaired) electrons. The van der Waals surface area contributed by atoms with E-state index in [1.54, 1.807) is 12.1 Å². The molecular formula is C12H7ClF3NOS. The van der Waals surface area contributed by atoms with E-state index < -0.39 is 23.4 Å². The van der Waals surface area contributed by atoms with Crippen LogP contribution in [0.5, 0.6) is 0 Å². The number of nitrogens with one attached hydrogen (secondary N) is 1. The van der Waals surface area contributed by atoms with Gasteiger partial charge in [0.05, 0.1) is 10.9 Å². The van der Waals surface area contributed by atoms with E-state index in [4.69, 9.17) is 11.6 Å². The Labute approximate surface area is 115 Å². The fourth-order valence-corrected chi connectivity index (χ4v) is 2.43. The summed E-state index contributed by atoms with van der Waals surface area (Å²) in [4.78, 5) is 12.4. The van der Waals surface area contributed by atoms with E-state index in [1.165, 1.54) is 11.3 Å². The van der Waals surface area contributed by atoms with Crippen LogP contribution in [0.4, 0.5) is 13.2 Å². The summed E-state index contributed by atoms with van der Waals surface area (Å²) in [5.41, 5.74) is -0.279. The number of carbonyl (C=O) groups is 1. The third kappa shape index (κ3) is 3.27. The van der Waals surface area contributed by atoms with Crippen molar-refractivity contribution in [2.75, 3.05) is 0 Å². The van der Waals surface area contributed by atoms with E-state index in [0.29, 0.717) is 16.5 Å². The smallest absolute Gasteiger partial charge is 0.251 e. The molecule has 1 N–H and O–H groups in total. The molecule has 19 heavy (non-hydrogen) atoms. The van der Waals surface area contributed by atoms with Crippen molar-refractivity contribution in [3.8, 4) is 0 Å². The highest BCUT2D eigenvalue weighted by Gasteiger charge is 2.15. The number of rotatable bonds is 3. The Balaban J connectivity index is 2.08. The minimum atomic E-state index is -1.60. The Hall–Kier alpha value is -1.53. The fourth-order valence-electron chi connectivity index (χ4n) is 1.40. The van der Waals surface area contributed by atoms with Crippen molar-refractivity contribution in [3.63, 3.8) is 0 Å². The van der Waals surface area contributed by atoms with Gasteiger partial charge in [-0.2, -0.15) is 0 Å². The second-order valence-corrected chi connectivity index (χ2v) is 5.44. The summed E-state index contributed by atoms with van der Waals surface area (Å²) in [6.45, 7) is 0.177. The number of amides is 1. The van der Waals surface area contributed by atoms with Gasteiger partial charge >= 0.3 is 0 Å². The first-order valence-electron chi connectivity index (χ1n) is 5.14. The molecule has 0 saturated carbocycles. The number of thiophene rings is 1. The predicted octanol–water partition coefficient (Wildman–Crippen LogP) is 3.75. The molecule has 2 rings (SSSR count). The van der Waals surface area contributed by atoms with Gasteiger partial charge in [-0.15, -0.1) is 11.3 Å². The van der Waals surface area contributed by atoms with Gasteiger partial charge in [0.1, 0.15) is 0 Å². The largest absolute Gasteiger partial charge is 0.347 e. The Morgan fingerprint density at radius 3 is 2.37 bits per heavy atom. The molecule has 0 atom stereocenters. The summed E-state index contributed by atoms with van der Waals surface area (Å²) < 4.78 is 39.2. The van der Waals surface area contributed by atoms with E-state index >= 15 is 0 Å². The monoisotopic (exact) mass is 305 g/mol. The lowest BCUT2D eigenvalue weighted by molar-refractivity contribution is 0.0950. The normalized spacial score (nSPS) is 10.5. The molecule has 0 aliphatic carbocycles. The van der Waals surface area contributed by atoms with Crippen LogP contribution in [0.2, 0.25) is 4.34 Å². The molecule has 0 aliphatic rings. The molecule has 0 spiro atoms. The second kappa shape index (κ2) is 5.63. The first kappa shape index (κ1) is 13.9. The molecule has 2 nitrogen and oxygen atoms in total. The van der Waals surface area contributed by atoms with Crippen molar-refractivity contribution >= 4 is 28.8 Å². The Bertz CT molecular complexity index is 606. The van der Waals surface area contributed by atoms with Crippen LogP contribution in [0.1, 0.15) is 15.2 Å². The lowest BCUT2D eigenvalue weighted by Crippen LogP contribution is -2.22. The summed E-state index contributed by atoms with van der Waals surface area (Å²) in [5, 5.41) is 2.46. The van der Waals surface area contributed by atoms with Crippen LogP contribution >= 0.6 is 22.9 Å². The van der Waals surface area contributed by atoms with Crippen molar-refractivity contribution in [3.05, 3.63) is 56.5 Å². The predicted molar refractivity (Wildman–Crippen MR) is 66.8 cm³/mol. The summed E-state index contributed by atoms with van der Waals surface area (Å²) in [6, 6.07) is 4.69. The molecule has 0 aliphatic heterocycles. The molecule has 2 aromatic rings. The molecule has 0 fully saturated rings. The first-order chi connectivity index (χ1) is 8.97. The van der Waals surface area contributed by atoms with Crippen molar-refractivity contribution in [1.82, 2.24) is 5.32 Å². The molecule has 0 saturated heterocycles. The number of halogens is 4. The number of hydrogen-bond donors (Lipinski definition) is 1. The number of carbonyl (C=O) groups excluding carboxylic acids is 1. The van der Waals surface area contributed by atoms with Crippen LogP contribution in [0.25, 0.3) is 0 Å². The summed E-state index contributed by atoms with van der Waals surface area (Å²) in [5.74, 6) is -5.09. The highest BCUT2D eigenvalue weighted by Crippen LogP contribution is 2.21. The van der Waals surface area contributed by atoms with Crippen LogP contribution in [0, 0.1) is 17.5 Å². The fraction of sp³-hybridized carbons (Fsp3) is 0.0833. The van der Waals surface area contributed by atoms with Gasteiger partial charge in [-0.3, -0.25) is 4.79 Å². The minimum Gasteiger partial charge on any atom is -0.347 e. The zero-order valence-electron chi connectivity index (χ0n) is 9.34. The van der Waals surface area contributed by atoms with Gasteiger partial charge in [0.15, 0.2) is 17.5 Å². The topological polar surface area (TPSA) is 29.1 Å². The van der Waals surface area contributed by atoms with Crippen LogP contribution in [0.3, 0.4) is 0 Å². The van der Waals surface area contributed by atoms with Crippen LogP contribution in [-0.4, -0.2) is 5.91 Å². The van der Waals surface area contributed by atoms with Gasteiger partial charge in [0.25, 0.3) is 5.91 Å². The molecule has 1 aromatic carbocycles. The lowest BCUT2D eigenvalue weighted by atomic mass is 10.2. The van der Waals surface area contributed by atoms with Crippen LogP contribution in [0.15, 0.2) is 24.3 Å². The van der Waals surface area contributed by atoms with Crippen molar-refractivity contribution in [2.24, 2.45) is 0 Å². The molecule has 0 bridgehead atoms. The molecule has 1 amide bonds. The Kier molecular flexibility index (Phi) is 4.11. The standard InChI is InChI=1S/C12H7ClF3NOS/c13-10-2-1-7(19-10)5-17-12(18)6-3-8(14)11(16)9(15)4-6/h1-4H,5H2,(H,17,18). The summed E-state index contributed by atoms with van der Waals surface area (Å²) in [6.07, 6.45) is 0. The molecule has 0 unspecified atom stereocenters. The number of benzene rings is 1. The van der Waals surface area contributed by atoms with Crippen LogP contribution < -0.4 is 5.32 Å². The van der Waals surface area contributed by atoms with Gasteiger partial charge in [0.2, 0.25) is 0 Å². The first-order valence-corrected chi connectivity index (χ1v) is 6.34. The van der Waals surface area contributed by atoms with E-state index in [1.807, 2.05) is 0 Å². The lowest BCUT2D eigenvalue weighted by Gasteiger charge is -2.04. The summed E-state index contributed by atoms with van der Waals surface area (Å²) >= 11 is 6.99. The average molecular weight is 306 g/mol. The third-order valence-electron chi connectivity index (χ3n) is 2.30. The third-order valence-corrected chi connectivity index (χ3v) is 3.53. The average Bonchev–Trinajstić information content (AvgIpc) is 2.78.